The number of nitro benzene ring substituents is 1. The lowest BCUT2D eigenvalue weighted by Crippen LogP contribution is -2.38. The Bertz CT molecular complexity index is 454. The van der Waals surface area contributed by atoms with Gasteiger partial charge < -0.3 is 11.1 Å². The zero-order chi connectivity index (χ0) is 13.0. The highest BCUT2D eigenvalue weighted by Crippen LogP contribution is 2.22. The first-order valence-corrected chi connectivity index (χ1v) is 5.28. The summed E-state index contributed by atoms with van der Waals surface area (Å²) in [5.74, 6) is -0.558. The third-order valence-corrected chi connectivity index (χ3v) is 2.37. The van der Waals surface area contributed by atoms with Gasteiger partial charge in [-0.05, 0) is 19.1 Å². The maximum atomic E-state index is 11.8. The van der Waals surface area contributed by atoms with Crippen molar-refractivity contribution in [3.8, 4) is 0 Å². The Morgan fingerprint density at radius 1 is 1.61 bits per heavy atom. The van der Waals surface area contributed by atoms with Gasteiger partial charge in [-0.3, -0.25) is 14.9 Å². The Morgan fingerprint density at radius 2 is 2.22 bits per heavy atom. The second kappa shape index (κ2) is 7.15. The average molecular weight is 294 g/mol. The van der Waals surface area contributed by atoms with E-state index in [1.54, 1.807) is 6.92 Å². The zero-order valence-corrected chi connectivity index (χ0v) is 11.1. The standard InChI is InChI=1S/C10H12ClN3O3.ClH/c1-6(5-12)13-10(15)8-4-7(11)2-3-9(8)14(16)17;/h2-4,6H,5,12H2,1H3,(H,13,15);1H/t6-;/m0./s1. The van der Waals surface area contributed by atoms with Crippen LogP contribution in [0.3, 0.4) is 0 Å². The van der Waals surface area contributed by atoms with Gasteiger partial charge in [-0.1, -0.05) is 11.6 Å². The fraction of sp³-hybridized carbons (Fsp3) is 0.300. The summed E-state index contributed by atoms with van der Waals surface area (Å²) in [6.07, 6.45) is 0. The molecule has 1 rings (SSSR count). The van der Waals surface area contributed by atoms with Crippen molar-refractivity contribution in [2.45, 2.75) is 13.0 Å². The molecule has 1 amide bonds. The van der Waals surface area contributed by atoms with Crippen LogP contribution >= 0.6 is 24.0 Å². The van der Waals surface area contributed by atoms with Gasteiger partial charge in [0.2, 0.25) is 0 Å². The highest BCUT2D eigenvalue weighted by Gasteiger charge is 2.21. The Morgan fingerprint density at radius 3 is 2.72 bits per heavy atom. The summed E-state index contributed by atoms with van der Waals surface area (Å²) in [5.41, 5.74) is 5.00. The van der Waals surface area contributed by atoms with E-state index >= 15 is 0 Å². The smallest absolute Gasteiger partial charge is 0.282 e. The van der Waals surface area contributed by atoms with Crippen molar-refractivity contribution in [1.29, 1.82) is 0 Å². The number of hydrogen-bond acceptors (Lipinski definition) is 4. The first-order valence-electron chi connectivity index (χ1n) is 4.90. The number of carbonyl (C=O) groups excluding carboxylic acids is 1. The van der Waals surface area contributed by atoms with Gasteiger partial charge in [0.15, 0.2) is 0 Å². The van der Waals surface area contributed by atoms with Crippen molar-refractivity contribution in [1.82, 2.24) is 5.32 Å². The number of carbonyl (C=O) groups is 1. The minimum atomic E-state index is -0.627. The highest BCUT2D eigenvalue weighted by molar-refractivity contribution is 6.31. The van der Waals surface area contributed by atoms with Gasteiger partial charge in [0.05, 0.1) is 4.92 Å². The number of nitrogens with zero attached hydrogens (tertiary/aromatic N) is 1. The van der Waals surface area contributed by atoms with E-state index in [2.05, 4.69) is 5.32 Å². The number of halogens is 2. The van der Waals surface area contributed by atoms with Crippen LogP contribution in [0.2, 0.25) is 5.02 Å². The molecule has 0 saturated heterocycles. The van der Waals surface area contributed by atoms with Crippen LogP contribution in [0.5, 0.6) is 0 Å². The normalized spacial score (nSPS) is 11.3. The highest BCUT2D eigenvalue weighted by atomic mass is 35.5. The fourth-order valence-corrected chi connectivity index (χ4v) is 1.38. The lowest BCUT2D eigenvalue weighted by Gasteiger charge is -2.11. The van der Waals surface area contributed by atoms with E-state index in [4.69, 9.17) is 17.3 Å². The van der Waals surface area contributed by atoms with E-state index in [1.165, 1.54) is 18.2 Å². The van der Waals surface area contributed by atoms with Crippen LogP contribution in [-0.2, 0) is 0 Å². The van der Waals surface area contributed by atoms with Gasteiger partial charge in [0.25, 0.3) is 11.6 Å². The van der Waals surface area contributed by atoms with Gasteiger partial charge in [0, 0.05) is 23.7 Å². The number of nitrogens with two attached hydrogens (primary N) is 1. The molecule has 0 aliphatic carbocycles. The molecule has 0 fully saturated rings. The lowest BCUT2D eigenvalue weighted by molar-refractivity contribution is -0.385. The summed E-state index contributed by atoms with van der Waals surface area (Å²) in [6, 6.07) is 3.56. The van der Waals surface area contributed by atoms with Crippen molar-refractivity contribution >= 4 is 35.6 Å². The molecule has 3 N–H and O–H groups in total. The van der Waals surface area contributed by atoms with Gasteiger partial charge in [-0.2, -0.15) is 0 Å². The summed E-state index contributed by atoms with van der Waals surface area (Å²) in [6.45, 7) is 1.95. The molecule has 1 aromatic rings. The molecule has 0 unspecified atom stereocenters. The summed E-state index contributed by atoms with van der Waals surface area (Å²) in [5, 5.41) is 13.6. The first kappa shape index (κ1) is 16.6. The minimum absolute atomic E-state index is 0. The molecule has 0 aromatic heterocycles. The van der Waals surface area contributed by atoms with Crippen molar-refractivity contribution in [2.24, 2.45) is 5.73 Å². The molecule has 100 valence electrons. The maximum Gasteiger partial charge on any atom is 0.282 e. The van der Waals surface area contributed by atoms with Crippen molar-refractivity contribution in [3.63, 3.8) is 0 Å². The molecule has 1 aromatic carbocycles. The summed E-state index contributed by atoms with van der Waals surface area (Å²) in [4.78, 5) is 21.9. The third kappa shape index (κ3) is 4.14. The zero-order valence-electron chi connectivity index (χ0n) is 9.55. The third-order valence-electron chi connectivity index (χ3n) is 2.13. The van der Waals surface area contributed by atoms with Gasteiger partial charge in [-0.15, -0.1) is 12.4 Å². The molecular formula is C10H13Cl2N3O3. The van der Waals surface area contributed by atoms with Crippen LogP contribution < -0.4 is 11.1 Å². The molecule has 0 radical (unpaired) electrons. The second-order valence-corrected chi connectivity index (χ2v) is 3.97. The average Bonchev–Trinajstić information content (AvgIpc) is 2.28. The number of nitro groups is 1. The molecular weight excluding hydrogens is 281 g/mol. The van der Waals surface area contributed by atoms with Crippen molar-refractivity contribution < 1.29 is 9.72 Å². The number of rotatable bonds is 4. The van der Waals surface area contributed by atoms with Crippen LogP contribution in [0.4, 0.5) is 5.69 Å². The Balaban J connectivity index is 0.00000289. The predicted molar refractivity (Wildman–Crippen MR) is 71.3 cm³/mol. The van der Waals surface area contributed by atoms with Crippen LogP contribution in [0.1, 0.15) is 17.3 Å². The number of hydrogen-bond donors (Lipinski definition) is 2. The number of nitrogens with one attached hydrogen (secondary N) is 1. The van der Waals surface area contributed by atoms with E-state index in [9.17, 15) is 14.9 Å². The molecule has 0 bridgehead atoms. The van der Waals surface area contributed by atoms with E-state index < -0.39 is 10.8 Å². The molecule has 18 heavy (non-hydrogen) atoms. The monoisotopic (exact) mass is 293 g/mol. The summed E-state index contributed by atoms with van der Waals surface area (Å²) < 4.78 is 0. The Hall–Kier alpha value is -1.37. The van der Waals surface area contributed by atoms with Crippen LogP contribution in [-0.4, -0.2) is 23.4 Å². The number of amides is 1. The lowest BCUT2D eigenvalue weighted by atomic mass is 10.1. The maximum absolute atomic E-state index is 11.8. The Labute approximate surface area is 115 Å². The van der Waals surface area contributed by atoms with Gasteiger partial charge in [-0.25, -0.2) is 0 Å². The molecule has 6 nitrogen and oxygen atoms in total. The van der Waals surface area contributed by atoms with E-state index in [0.717, 1.165) is 0 Å². The van der Waals surface area contributed by atoms with E-state index in [-0.39, 0.29) is 41.3 Å². The largest absolute Gasteiger partial charge is 0.348 e. The van der Waals surface area contributed by atoms with Crippen LogP contribution in [0.25, 0.3) is 0 Å². The number of benzene rings is 1. The molecule has 0 saturated carbocycles. The van der Waals surface area contributed by atoms with Crippen LogP contribution in [0.15, 0.2) is 18.2 Å². The predicted octanol–water partition coefficient (Wildman–Crippen LogP) is 1.75. The summed E-state index contributed by atoms with van der Waals surface area (Å²) in [7, 11) is 0. The molecule has 0 aliphatic heterocycles. The molecule has 8 heteroatoms. The summed E-state index contributed by atoms with van der Waals surface area (Å²) >= 11 is 5.71. The molecule has 1 atom stereocenters. The topological polar surface area (TPSA) is 98.3 Å². The fourth-order valence-electron chi connectivity index (χ4n) is 1.21. The Kier molecular flexibility index (Phi) is 6.61. The van der Waals surface area contributed by atoms with Crippen molar-refractivity contribution in [3.05, 3.63) is 38.9 Å². The second-order valence-electron chi connectivity index (χ2n) is 3.53. The molecule has 0 heterocycles. The van der Waals surface area contributed by atoms with Crippen molar-refractivity contribution in [2.75, 3.05) is 6.54 Å². The molecule has 0 spiro atoms. The SMILES string of the molecule is C[C@@H](CN)NC(=O)c1cc(Cl)ccc1[N+](=O)[O-].Cl. The van der Waals surface area contributed by atoms with E-state index in [0.29, 0.717) is 0 Å². The minimum Gasteiger partial charge on any atom is -0.348 e. The quantitative estimate of drug-likeness (QED) is 0.652. The molecule has 0 aliphatic rings. The van der Waals surface area contributed by atoms with Crippen LogP contribution in [0, 0.1) is 10.1 Å². The first-order chi connectivity index (χ1) is 7.95. The van der Waals surface area contributed by atoms with Gasteiger partial charge in [0.1, 0.15) is 5.56 Å². The van der Waals surface area contributed by atoms with Gasteiger partial charge >= 0.3 is 0 Å². The van der Waals surface area contributed by atoms with E-state index in [1.807, 2.05) is 0 Å².